The molecule has 1 unspecified atom stereocenters. The zero-order chi connectivity index (χ0) is 15.6. The summed E-state index contributed by atoms with van der Waals surface area (Å²) in [4.78, 5) is 0. The molecule has 1 N–H and O–H groups in total. The lowest BCUT2D eigenvalue weighted by atomic mass is 10.1. The lowest BCUT2D eigenvalue weighted by molar-refractivity contribution is 0.763. The molecule has 23 heavy (non-hydrogen) atoms. The van der Waals surface area contributed by atoms with E-state index in [1.54, 1.807) is 16.3 Å². The summed E-state index contributed by atoms with van der Waals surface area (Å²) in [5.41, 5.74) is 7.39. The van der Waals surface area contributed by atoms with Gasteiger partial charge in [-0.3, -0.25) is 0 Å². The summed E-state index contributed by atoms with van der Waals surface area (Å²) in [7, 11) is 0. The van der Waals surface area contributed by atoms with Gasteiger partial charge in [0.25, 0.3) is 0 Å². The molecular weight excluding hydrogens is 312 g/mol. The molecule has 0 radical (unpaired) electrons. The van der Waals surface area contributed by atoms with Crippen molar-refractivity contribution in [2.24, 2.45) is 0 Å². The molecule has 0 amide bonds. The fourth-order valence-corrected chi connectivity index (χ4v) is 3.93. The Labute approximate surface area is 134 Å². The van der Waals surface area contributed by atoms with Crippen LogP contribution in [0.4, 0.5) is 0 Å². The Morgan fingerprint density at radius 1 is 1.13 bits per heavy atom. The number of nitrogens with zero attached hydrogens (tertiary/aromatic N) is 7. The number of thioether (sulfide) groups is 1. The predicted molar refractivity (Wildman–Crippen MR) is 85.7 cm³/mol. The first-order chi connectivity index (χ1) is 11.2. The highest BCUT2D eigenvalue weighted by molar-refractivity contribution is 7.99. The van der Waals surface area contributed by atoms with Crippen molar-refractivity contribution in [2.45, 2.75) is 24.4 Å². The van der Waals surface area contributed by atoms with Crippen molar-refractivity contribution < 1.29 is 0 Å². The maximum Gasteiger partial charge on any atom is 0.212 e. The number of nitrogens with one attached hydrogen (secondary N) is 1. The molecular formula is C14H12N8S. The molecule has 1 aromatic carbocycles. The van der Waals surface area contributed by atoms with Crippen molar-refractivity contribution in [1.82, 2.24) is 34.9 Å². The molecule has 0 bridgehead atoms. The maximum absolute atomic E-state index is 4.21. The number of aromatic nitrogens is 7. The molecule has 4 aromatic rings. The lowest BCUT2D eigenvalue weighted by Crippen LogP contribution is -2.15. The number of rotatable bonds is 1. The summed E-state index contributed by atoms with van der Waals surface area (Å²) in [5, 5.41) is 22.4. The molecule has 9 heteroatoms. The van der Waals surface area contributed by atoms with Gasteiger partial charge in [-0.2, -0.15) is 4.52 Å². The molecule has 0 saturated heterocycles. The standard InChI is InChI=1S/C14H12N8S/c1-7-3-4-11-9(5-7)6-10(12-16-19-20-22(11)12)13-18-21-8(2)15-17-14(21)23-13/h3-6,13,18H,1-2H3. The zero-order valence-corrected chi connectivity index (χ0v) is 13.2. The Morgan fingerprint density at radius 3 is 2.91 bits per heavy atom. The highest BCUT2D eigenvalue weighted by Crippen LogP contribution is 2.40. The first-order valence-electron chi connectivity index (χ1n) is 7.17. The van der Waals surface area contributed by atoms with Crippen molar-refractivity contribution in [1.29, 1.82) is 0 Å². The minimum absolute atomic E-state index is 0.00221. The number of tetrazole rings is 1. The van der Waals surface area contributed by atoms with Crippen LogP contribution in [-0.4, -0.2) is 34.9 Å². The largest absolute Gasteiger partial charge is 0.304 e. The van der Waals surface area contributed by atoms with Crippen LogP contribution in [0.3, 0.4) is 0 Å². The highest BCUT2D eigenvalue weighted by Gasteiger charge is 2.29. The molecule has 1 aliphatic heterocycles. The Kier molecular flexibility index (Phi) is 2.46. The van der Waals surface area contributed by atoms with Gasteiger partial charge in [0.1, 0.15) is 11.2 Å². The zero-order valence-electron chi connectivity index (χ0n) is 12.4. The summed E-state index contributed by atoms with van der Waals surface area (Å²) < 4.78 is 3.69. The summed E-state index contributed by atoms with van der Waals surface area (Å²) >= 11 is 1.61. The summed E-state index contributed by atoms with van der Waals surface area (Å²) in [6.45, 7) is 4.00. The van der Waals surface area contributed by atoms with E-state index in [0.717, 1.165) is 33.1 Å². The third-order valence-corrected chi connectivity index (χ3v) is 5.07. The van der Waals surface area contributed by atoms with E-state index >= 15 is 0 Å². The first-order valence-corrected chi connectivity index (χ1v) is 8.05. The molecule has 0 aliphatic carbocycles. The van der Waals surface area contributed by atoms with Gasteiger partial charge in [0.15, 0.2) is 5.65 Å². The summed E-state index contributed by atoms with van der Waals surface area (Å²) in [6.07, 6.45) is 0. The Balaban J connectivity index is 1.73. The van der Waals surface area contributed by atoms with Gasteiger partial charge in [-0.05, 0) is 42.5 Å². The fourth-order valence-electron chi connectivity index (χ4n) is 2.89. The van der Waals surface area contributed by atoms with Crippen molar-refractivity contribution in [3.8, 4) is 0 Å². The molecule has 0 spiro atoms. The van der Waals surface area contributed by atoms with Gasteiger partial charge < -0.3 is 5.43 Å². The van der Waals surface area contributed by atoms with E-state index in [1.807, 2.05) is 17.7 Å². The fraction of sp³-hybridized carbons (Fsp3) is 0.214. The molecule has 1 aliphatic rings. The van der Waals surface area contributed by atoms with Crippen LogP contribution in [0.5, 0.6) is 0 Å². The molecule has 5 rings (SSSR count). The van der Waals surface area contributed by atoms with E-state index in [1.165, 1.54) is 5.56 Å². The van der Waals surface area contributed by atoms with Crippen molar-refractivity contribution in [3.05, 3.63) is 41.2 Å². The minimum Gasteiger partial charge on any atom is -0.304 e. The topological polar surface area (TPSA) is 85.8 Å². The maximum atomic E-state index is 4.21. The molecule has 1 atom stereocenters. The van der Waals surface area contributed by atoms with Crippen LogP contribution in [0.2, 0.25) is 0 Å². The Bertz CT molecular complexity index is 1070. The number of fused-ring (bicyclic) bond motifs is 4. The van der Waals surface area contributed by atoms with Crippen LogP contribution in [0.25, 0.3) is 16.6 Å². The van der Waals surface area contributed by atoms with E-state index in [4.69, 9.17) is 0 Å². The number of benzene rings is 1. The predicted octanol–water partition coefficient (Wildman–Crippen LogP) is 1.83. The monoisotopic (exact) mass is 324 g/mol. The molecule has 0 fully saturated rings. The van der Waals surface area contributed by atoms with Gasteiger partial charge >= 0.3 is 0 Å². The minimum atomic E-state index is -0.00221. The van der Waals surface area contributed by atoms with Crippen LogP contribution in [0.15, 0.2) is 29.4 Å². The third-order valence-electron chi connectivity index (χ3n) is 4.00. The first kappa shape index (κ1) is 12.8. The van der Waals surface area contributed by atoms with Crippen molar-refractivity contribution in [3.63, 3.8) is 0 Å². The van der Waals surface area contributed by atoms with Crippen molar-refractivity contribution >= 4 is 28.3 Å². The van der Waals surface area contributed by atoms with Gasteiger partial charge in [-0.25, -0.2) is 4.68 Å². The number of hydrogen-bond donors (Lipinski definition) is 1. The summed E-state index contributed by atoms with van der Waals surface area (Å²) in [5.74, 6) is 0.835. The highest BCUT2D eigenvalue weighted by atomic mass is 32.2. The second-order valence-electron chi connectivity index (χ2n) is 5.57. The molecule has 8 nitrogen and oxygen atoms in total. The van der Waals surface area contributed by atoms with Crippen LogP contribution in [-0.2, 0) is 0 Å². The van der Waals surface area contributed by atoms with Gasteiger partial charge in [0, 0.05) is 10.9 Å². The average Bonchev–Trinajstić information content (AvgIpc) is 3.24. The number of aryl methyl sites for hydroxylation is 2. The average molecular weight is 324 g/mol. The SMILES string of the molecule is Cc1ccc2c(c1)cc(C1Nn3c(C)nnc3S1)c1nnnn12. The number of hydrogen-bond acceptors (Lipinski definition) is 7. The summed E-state index contributed by atoms with van der Waals surface area (Å²) in [6, 6.07) is 8.40. The lowest BCUT2D eigenvalue weighted by Gasteiger charge is -2.13. The van der Waals surface area contributed by atoms with E-state index in [9.17, 15) is 0 Å². The van der Waals surface area contributed by atoms with Crippen molar-refractivity contribution in [2.75, 3.05) is 5.43 Å². The van der Waals surface area contributed by atoms with E-state index in [0.29, 0.717) is 0 Å². The smallest absolute Gasteiger partial charge is 0.212 e. The van der Waals surface area contributed by atoms with Crippen LogP contribution in [0.1, 0.15) is 22.3 Å². The normalized spacial score (nSPS) is 16.9. The Morgan fingerprint density at radius 2 is 2.04 bits per heavy atom. The molecule has 0 saturated carbocycles. The quantitative estimate of drug-likeness (QED) is 0.571. The molecule has 3 aromatic heterocycles. The number of pyridine rings is 1. The van der Waals surface area contributed by atoms with Crippen LogP contribution >= 0.6 is 11.8 Å². The molecule has 4 heterocycles. The Hall–Kier alpha value is -2.68. The second-order valence-corrected chi connectivity index (χ2v) is 6.64. The third kappa shape index (κ3) is 1.76. The van der Waals surface area contributed by atoms with E-state index in [2.05, 4.69) is 56.3 Å². The van der Waals surface area contributed by atoms with Crippen LogP contribution < -0.4 is 5.43 Å². The molecule has 114 valence electrons. The van der Waals surface area contributed by atoms with E-state index < -0.39 is 0 Å². The van der Waals surface area contributed by atoms with E-state index in [-0.39, 0.29) is 5.37 Å². The van der Waals surface area contributed by atoms with Gasteiger partial charge in [-0.1, -0.05) is 23.4 Å². The van der Waals surface area contributed by atoms with Gasteiger partial charge in [-0.15, -0.1) is 15.3 Å². The van der Waals surface area contributed by atoms with Crippen LogP contribution in [0, 0.1) is 13.8 Å². The van der Waals surface area contributed by atoms with Gasteiger partial charge in [0.2, 0.25) is 5.16 Å². The van der Waals surface area contributed by atoms with Gasteiger partial charge in [0.05, 0.1) is 5.52 Å². The second kappa shape index (κ2) is 4.42.